The lowest BCUT2D eigenvalue weighted by atomic mass is 10.1. The number of nitrogens with zero attached hydrogens (tertiary/aromatic N) is 2. The molecule has 2 unspecified atom stereocenters. The van der Waals surface area contributed by atoms with Crippen LogP contribution in [-0.2, 0) is 4.79 Å². The Bertz CT molecular complexity index is 1020. The Morgan fingerprint density at radius 2 is 1.75 bits per heavy atom. The van der Waals surface area contributed by atoms with Crippen LogP contribution >= 0.6 is 0 Å². The van der Waals surface area contributed by atoms with Crippen LogP contribution in [0.15, 0.2) is 60.7 Å². The van der Waals surface area contributed by atoms with E-state index >= 15 is 0 Å². The molecule has 0 aliphatic carbocycles. The molecule has 1 aliphatic heterocycles. The highest BCUT2D eigenvalue weighted by atomic mass is 16.5. The second-order valence-electron chi connectivity index (χ2n) is 6.65. The summed E-state index contributed by atoms with van der Waals surface area (Å²) in [6.07, 6.45) is -1.71. The van der Waals surface area contributed by atoms with Gasteiger partial charge in [0, 0.05) is 23.4 Å². The third-order valence-corrected chi connectivity index (χ3v) is 4.83. The Labute approximate surface area is 160 Å². The Balaban J connectivity index is 1.70. The minimum atomic E-state index is -1.26. The van der Waals surface area contributed by atoms with Gasteiger partial charge in [0.05, 0.1) is 17.8 Å². The number of pyridine rings is 1. The van der Waals surface area contributed by atoms with Crippen molar-refractivity contribution in [2.24, 2.45) is 0 Å². The third kappa shape index (κ3) is 3.34. The predicted molar refractivity (Wildman–Crippen MR) is 102 cm³/mol. The van der Waals surface area contributed by atoms with Crippen molar-refractivity contribution in [1.29, 1.82) is 0 Å². The van der Waals surface area contributed by atoms with Crippen molar-refractivity contribution < 1.29 is 24.5 Å². The Morgan fingerprint density at radius 1 is 1.04 bits per heavy atom. The lowest BCUT2D eigenvalue weighted by molar-refractivity contribution is -0.141. The Hall–Kier alpha value is -3.61. The van der Waals surface area contributed by atoms with Gasteiger partial charge in [-0.25, -0.2) is 14.6 Å². The highest BCUT2D eigenvalue weighted by Gasteiger charge is 2.41. The maximum Gasteiger partial charge on any atom is 0.408 e. The number of amides is 1. The molecule has 3 aromatic rings. The van der Waals surface area contributed by atoms with Gasteiger partial charge in [-0.15, -0.1) is 0 Å². The van der Waals surface area contributed by atoms with Crippen LogP contribution in [0.25, 0.3) is 22.2 Å². The molecule has 7 nitrogen and oxygen atoms in total. The van der Waals surface area contributed by atoms with E-state index in [1.807, 2.05) is 60.7 Å². The van der Waals surface area contributed by atoms with Gasteiger partial charge in [0.15, 0.2) is 0 Å². The fourth-order valence-corrected chi connectivity index (χ4v) is 3.51. The largest absolute Gasteiger partial charge is 0.488 e. The minimum Gasteiger partial charge on any atom is -0.488 e. The molecule has 0 bridgehead atoms. The molecule has 2 N–H and O–H groups in total. The molecule has 0 spiro atoms. The Morgan fingerprint density at radius 3 is 2.43 bits per heavy atom. The molecule has 1 saturated heterocycles. The van der Waals surface area contributed by atoms with Gasteiger partial charge in [0.25, 0.3) is 0 Å². The maximum atomic E-state index is 11.4. The number of carbonyl (C=O) groups is 2. The van der Waals surface area contributed by atoms with Crippen LogP contribution in [0.3, 0.4) is 0 Å². The average Bonchev–Trinajstić information content (AvgIpc) is 3.13. The number of fused-ring (bicyclic) bond motifs is 1. The summed E-state index contributed by atoms with van der Waals surface area (Å²) in [7, 11) is 0. The monoisotopic (exact) mass is 378 g/mol. The van der Waals surface area contributed by atoms with Gasteiger partial charge in [0.2, 0.25) is 0 Å². The third-order valence-electron chi connectivity index (χ3n) is 4.83. The smallest absolute Gasteiger partial charge is 0.408 e. The number of hydrogen-bond acceptors (Lipinski definition) is 4. The molecule has 1 aliphatic rings. The van der Waals surface area contributed by atoms with Gasteiger partial charge in [-0.05, 0) is 12.1 Å². The number of benzene rings is 2. The number of aliphatic carboxylic acids is 1. The molecule has 28 heavy (non-hydrogen) atoms. The number of hydrogen-bond donors (Lipinski definition) is 2. The highest BCUT2D eigenvalue weighted by Crippen LogP contribution is 2.32. The molecule has 1 fully saturated rings. The molecule has 142 valence electrons. The molecular formula is C21H18N2O5. The van der Waals surface area contributed by atoms with Crippen molar-refractivity contribution in [3.05, 3.63) is 60.7 Å². The number of likely N-dealkylation sites (tertiary alicyclic amines) is 1. The number of rotatable bonds is 4. The first-order chi connectivity index (χ1) is 13.5. The van der Waals surface area contributed by atoms with Crippen LogP contribution < -0.4 is 4.74 Å². The van der Waals surface area contributed by atoms with Gasteiger partial charge >= 0.3 is 12.1 Å². The van der Waals surface area contributed by atoms with Crippen LogP contribution in [0, 0.1) is 0 Å². The number of carboxylic acids is 1. The van der Waals surface area contributed by atoms with Crippen molar-refractivity contribution in [3.8, 4) is 17.0 Å². The normalized spacial score (nSPS) is 18.9. The summed E-state index contributed by atoms with van der Waals surface area (Å²) in [4.78, 5) is 28.4. The van der Waals surface area contributed by atoms with Crippen molar-refractivity contribution >= 4 is 23.0 Å². The van der Waals surface area contributed by atoms with Gasteiger partial charge in [0.1, 0.15) is 17.9 Å². The van der Waals surface area contributed by atoms with E-state index in [4.69, 9.17) is 4.74 Å². The first-order valence-corrected chi connectivity index (χ1v) is 8.87. The standard InChI is InChI=1S/C21H18N2O5/c24-20(25)18-10-14(12-23(18)21(26)27)28-19-11-17(13-6-2-1-3-7-13)22-16-9-5-4-8-15(16)19/h1-9,11,14,18H,10,12H2,(H,24,25)(H,26,27). The summed E-state index contributed by atoms with van der Waals surface area (Å²) in [5.41, 5.74) is 2.42. The summed E-state index contributed by atoms with van der Waals surface area (Å²) in [6, 6.07) is 17.9. The van der Waals surface area contributed by atoms with Crippen molar-refractivity contribution in [3.63, 3.8) is 0 Å². The molecule has 4 rings (SSSR count). The summed E-state index contributed by atoms with van der Waals surface area (Å²) in [5, 5.41) is 19.4. The lowest BCUT2D eigenvalue weighted by Gasteiger charge is -2.17. The molecule has 1 amide bonds. The SMILES string of the molecule is O=C(O)C1CC(Oc2cc(-c3ccccc3)nc3ccccc23)CN1C(=O)O. The fraction of sp³-hybridized carbons (Fsp3) is 0.190. The zero-order valence-electron chi connectivity index (χ0n) is 14.9. The fourth-order valence-electron chi connectivity index (χ4n) is 3.51. The summed E-state index contributed by atoms with van der Waals surface area (Å²) in [6.45, 7) is 0.00359. The minimum absolute atomic E-state index is 0.00359. The first kappa shape index (κ1) is 17.8. The van der Waals surface area contributed by atoms with E-state index in [2.05, 4.69) is 4.98 Å². The number of aromatic nitrogens is 1. The van der Waals surface area contributed by atoms with E-state index in [1.165, 1.54) is 0 Å². The van der Waals surface area contributed by atoms with Gasteiger partial charge < -0.3 is 14.9 Å². The van der Waals surface area contributed by atoms with Gasteiger partial charge in [-0.3, -0.25) is 4.90 Å². The first-order valence-electron chi connectivity index (χ1n) is 8.87. The molecule has 2 heterocycles. The molecule has 0 radical (unpaired) electrons. The second-order valence-corrected chi connectivity index (χ2v) is 6.65. The lowest BCUT2D eigenvalue weighted by Crippen LogP contribution is -2.39. The van der Waals surface area contributed by atoms with E-state index < -0.39 is 24.2 Å². The predicted octanol–water partition coefficient (Wildman–Crippen LogP) is 3.49. The van der Waals surface area contributed by atoms with Gasteiger partial charge in [-0.1, -0.05) is 42.5 Å². The molecule has 0 saturated carbocycles. The Kier molecular flexibility index (Phi) is 4.57. The van der Waals surface area contributed by atoms with Crippen LogP contribution in [0.1, 0.15) is 6.42 Å². The number of carboxylic acid groups (broad SMARTS) is 2. The number of para-hydroxylation sites is 1. The van der Waals surface area contributed by atoms with Crippen LogP contribution in [0.2, 0.25) is 0 Å². The van der Waals surface area contributed by atoms with E-state index in [0.29, 0.717) is 5.75 Å². The summed E-state index contributed by atoms with van der Waals surface area (Å²) >= 11 is 0. The topological polar surface area (TPSA) is 100.0 Å². The van der Waals surface area contributed by atoms with Crippen molar-refractivity contribution in [1.82, 2.24) is 9.88 Å². The maximum absolute atomic E-state index is 11.4. The van der Waals surface area contributed by atoms with E-state index in [1.54, 1.807) is 0 Å². The number of ether oxygens (including phenoxy) is 1. The zero-order chi connectivity index (χ0) is 19.7. The van der Waals surface area contributed by atoms with Crippen molar-refractivity contribution in [2.45, 2.75) is 18.6 Å². The molecule has 1 aromatic heterocycles. The average molecular weight is 378 g/mol. The summed E-state index contributed by atoms with van der Waals surface area (Å²) in [5.74, 6) is -0.608. The van der Waals surface area contributed by atoms with Crippen LogP contribution in [-0.4, -0.2) is 50.9 Å². The van der Waals surface area contributed by atoms with E-state index in [0.717, 1.165) is 27.1 Å². The molecule has 2 aromatic carbocycles. The van der Waals surface area contributed by atoms with Crippen LogP contribution in [0.4, 0.5) is 4.79 Å². The summed E-state index contributed by atoms with van der Waals surface area (Å²) < 4.78 is 6.10. The second kappa shape index (κ2) is 7.19. The molecule has 2 atom stereocenters. The quantitative estimate of drug-likeness (QED) is 0.721. The highest BCUT2D eigenvalue weighted by molar-refractivity contribution is 5.88. The zero-order valence-corrected chi connectivity index (χ0v) is 14.9. The van der Waals surface area contributed by atoms with E-state index in [9.17, 15) is 19.8 Å². The van der Waals surface area contributed by atoms with Gasteiger partial charge in [-0.2, -0.15) is 0 Å². The van der Waals surface area contributed by atoms with Crippen molar-refractivity contribution in [2.75, 3.05) is 6.54 Å². The van der Waals surface area contributed by atoms with E-state index in [-0.39, 0.29) is 13.0 Å². The molecular weight excluding hydrogens is 360 g/mol. The van der Waals surface area contributed by atoms with Crippen LogP contribution in [0.5, 0.6) is 5.75 Å². The molecule has 7 heteroatoms.